The Bertz CT molecular complexity index is 526. The van der Waals surface area contributed by atoms with Crippen molar-refractivity contribution >= 4 is 0 Å². The van der Waals surface area contributed by atoms with Crippen molar-refractivity contribution in [3.8, 4) is 16.9 Å². The summed E-state index contributed by atoms with van der Waals surface area (Å²) in [5.41, 5.74) is 9.11. The third kappa shape index (κ3) is 3.34. The minimum Gasteiger partial charge on any atom is -0.491 e. The molecule has 0 amide bonds. The summed E-state index contributed by atoms with van der Waals surface area (Å²) in [4.78, 5) is 0. The van der Waals surface area contributed by atoms with Crippen molar-refractivity contribution in [1.29, 1.82) is 0 Å². The zero-order chi connectivity index (χ0) is 13.5. The van der Waals surface area contributed by atoms with Gasteiger partial charge in [-0.1, -0.05) is 42.5 Å². The Kier molecular flexibility index (Phi) is 4.95. The number of hydrogen-bond acceptors (Lipinski definition) is 3. The van der Waals surface area contributed by atoms with Gasteiger partial charge < -0.3 is 15.2 Å². The van der Waals surface area contributed by atoms with Crippen LogP contribution >= 0.6 is 0 Å². The first kappa shape index (κ1) is 13.6. The molecular weight excluding hydrogens is 238 g/mol. The van der Waals surface area contributed by atoms with E-state index < -0.39 is 0 Å². The second kappa shape index (κ2) is 6.92. The van der Waals surface area contributed by atoms with Crippen LogP contribution in [0.15, 0.2) is 48.5 Å². The quantitative estimate of drug-likeness (QED) is 0.809. The maximum atomic E-state index is 5.80. The smallest absolute Gasteiger partial charge is 0.127 e. The van der Waals surface area contributed by atoms with Crippen LogP contribution in [0.25, 0.3) is 11.1 Å². The van der Waals surface area contributed by atoms with Gasteiger partial charge in [0, 0.05) is 19.2 Å². The third-order valence-corrected chi connectivity index (χ3v) is 2.96. The van der Waals surface area contributed by atoms with E-state index >= 15 is 0 Å². The number of ether oxygens (including phenoxy) is 2. The van der Waals surface area contributed by atoms with Crippen LogP contribution in [0.1, 0.15) is 5.56 Å². The van der Waals surface area contributed by atoms with Crippen LogP contribution in [-0.4, -0.2) is 20.3 Å². The van der Waals surface area contributed by atoms with E-state index in [2.05, 4.69) is 12.1 Å². The maximum absolute atomic E-state index is 5.80. The predicted octanol–water partition coefficient (Wildman–Crippen LogP) is 2.84. The summed E-state index contributed by atoms with van der Waals surface area (Å²) in [7, 11) is 1.67. The van der Waals surface area contributed by atoms with Crippen molar-refractivity contribution in [2.45, 2.75) is 6.54 Å². The average Bonchev–Trinajstić information content (AvgIpc) is 2.48. The lowest BCUT2D eigenvalue weighted by atomic mass is 9.99. The van der Waals surface area contributed by atoms with Gasteiger partial charge in [0.1, 0.15) is 12.4 Å². The Balaban J connectivity index is 2.33. The summed E-state index contributed by atoms with van der Waals surface area (Å²) in [6.45, 7) is 1.63. The van der Waals surface area contributed by atoms with Gasteiger partial charge in [0.25, 0.3) is 0 Å². The Morgan fingerprint density at radius 3 is 2.32 bits per heavy atom. The SMILES string of the molecule is COCCOc1ccccc1-c1ccccc1CN. The molecular formula is C16H19NO2. The predicted molar refractivity (Wildman–Crippen MR) is 77.1 cm³/mol. The molecule has 2 aromatic rings. The summed E-state index contributed by atoms with van der Waals surface area (Å²) >= 11 is 0. The summed E-state index contributed by atoms with van der Waals surface area (Å²) in [5.74, 6) is 0.862. The number of methoxy groups -OCH3 is 1. The van der Waals surface area contributed by atoms with Crippen molar-refractivity contribution in [1.82, 2.24) is 0 Å². The van der Waals surface area contributed by atoms with Crippen LogP contribution < -0.4 is 10.5 Å². The van der Waals surface area contributed by atoms with Crippen LogP contribution in [0.2, 0.25) is 0 Å². The third-order valence-electron chi connectivity index (χ3n) is 2.96. The number of nitrogens with two attached hydrogens (primary N) is 1. The average molecular weight is 257 g/mol. The van der Waals surface area contributed by atoms with Gasteiger partial charge in [-0.05, 0) is 17.2 Å². The first-order chi connectivity index (χ1) is 9.36. The number of rotatable bonds is 6. The van der Waals surface area contributed by atoms with Crippen LogP contribution in [0.4, 0.5) is 0 Å². The van der Waals surface area contributed by atoms with Crippen LogP contribution in [0, 0.1) is 0 Å². The molecule has 2 N–H and O–H groups in total. The Labute approximate surface area is 114 Å². The summed E-state index contributed by atoms with van der Waals surface area (Å²) < 4.78 is 10.8. The molecule has 0 radical (unpaired) electrons. The van der Waals surface area contributed by atoms with Crippen LogP contribution in [0.5, 0.6) is 5.75 Å². The minimum absolute atomic E-state index is 0.516. The van der Waals surface area contributed by atoms with E-state index in [0.717, 1.165) is 22.4 Å². The first-order valence-corrected chi connectivity index (χ1v) is 6.36. The molecule has 0 saturated carbocycles. The summed E-state index contributed by atoms with van der Waals surface area (Å²) in [5, 5.41) is 0. The number of para-hydroxylation sites is 1. The molecule has 0 atom stereocenters. The molecule has 100 valence electrons. The molecule has 0 saturated heterocycles. The molecule has 3 nitrogen and oxygen atoms in total. The summed E-state index contributed by atoms with van der Waals surface area (Å²) in [6, 6.07) is 16.1. The van der Waals surface area contributed by atoms with Crippen LogP contribution in [-0.2, 0) is 11.3 Å². The highest BCUT2D eigenvalue weighted by Gasteiger charge is 2.08. The maximum Gasteiger partial charge on any atom is 0.127 e. The Morgan fingerprint density at radius 1 is 0.895 bits per heavy atom. The largest absolute Gasteiger partial charge is 0.491 e. The van der Waals surface area contributed by atoms with Gasteiger partial charge in [0.05, 0.1) is 6.61 Å². The van der Waals surface area contributed by atoms with Crippen LogP contribution in [0.3, 0.4) is 0 Å². The van der Waals surface area contributed by atoms with Crippen molar-refractivity contribution in [3.05, 3.63) is 54.1 Å². The zero-order valence-corrected chi connectivity index (χ0v) is 11.1. The lowest BCUT2D eigenvalue weighted by Crippen LogP contribution is -2.05. The normalized spacial score (nSPS) is 10.4. The second-order valence-corrected chi connectivity index (χ2v) is 4.20. The molecule has 0 fully saturated rings. The molecule has 0 aliphatic carbocycles. The molecule has 0 aromatic heterocycles. The van der Waals surface area contributed by atoms with E-state index in [1.165, 1.54) is 0 Å². The van der Waals surface area contributed by atoms with E-state index in [9.17, 15) is 0 Å². The standard InChI is InChI=1S/C16H19NO2/c1-18-10-11-19-16-9-5-4-8-15(16)14-7-3-2-6-13(14)12-17/h2-9H,10-12,17H2,1H3. The van der Waals surface area contributed by atoms with E-state index in [-0.39, 0.29) is 0 Å². The number of benzene rings is 2. The molecule has 0 aliphatic rings. The van der Waals surface area contributed by atoms with Gasteiger partial charge in [-0.2, -0.15) is 0 Å². The highest BCUT2D eigenvalue weighted by molar-refractivity contribution is 5.73. The molecule has 2 aromatic carbocycles. The minimum atomic E-state index is 0.516. The van der Waals surface area contributed by atoms with E-state index in [1.807, 2.05) is 36.4 Å². The first-order valence-electron chi connectivity index (χ1n) is 6.36. The summed E-state index contributed by atoms with van der Waals surface area (Å²) in [6.07, 6.45) is 0. The van der Waals surface area contributed by atoms with Gasteiger partial charge >= 0.3 is 0 Å². The van der Waals surface area contributed by atoms with Gasteiger partial charge in [0.2, 0.25) is 0 Å². The number of hydrogen-bond donors (Lipinski definition) is 1. The van der Waals surface area contributed by atoms with E-state index in [4.69, 9.17) is 15.2 Å². The topological polar surface area (TPSA) is 44.5 Å². The fraction of sp³-hybridized carbons (Fsp3) is 0.250. The molecule has 0 bridgehead atoms. The zero-order valence-electron chi connectivity index (χ0n) is 11.1. The highest BCUT2D eigenvalue weighted by atomic mass is 16.5. The lowest BCUT2D eigenvalue weighted by Gasteiger charge is -2.13. The van der Waals surface area contributed by atoms with Crippen molar-refractivity contribution < 1.29 is 9.47 Å². The fourth-order valence-electron chi connectivity index (χ4n) is 2.01. The Morgan fingerprint density at radius 2 is 1.58 bits per heavy atom. The Hall–Kier alpha value is -1.84. The molecule has 3 heteroatoms. The van der Waals surface area contributed by atoms with Crippen molar-refractivity contribution in [3.63, 3.8) is 0 Å². The van der Waals surface area contributed by atoms with Gasteiger partial charge in [-0.3, -0.25) is 0 Å². The lowest BCUT2D eigenvalue weighted by molar-refractivity contribution is 0.146. The van der Waals surface area contributed by atoms with Gasteiger partial charge in [-0.15, -0.1) is 0 Å². The van der Waals surface area contributed by atoms with Crippen molar-refractivity contribution in [2.24, 2.45) is 5.73 Å². The fourth-order valence-corrected chi connectivity index (χ4v) is 2.01. The molecule has 2 rings (SSSR count). The monoisotopic (exact) mass is 257 g/mol. The highest BCUT2D eigenvalue weighted by Crippen LogP contribution is 2.32. The van der Waals surface area contributed by atoms with E-state index in [0.29, 0.717) is 19.8 Å². The van der Waals surface area contributed by atoms with Gasteiger partial charge in [-0.25, -0.2) is 0 Å². The molecule has 0 spiro atoms. The molecule has 0 unspecified atom stereocenters. The van der Waals surface area contributed by atoms with E-state index in [1.54, 1.807) is 7.11 Å². The van der Waals surface area contributed by atoms with Crippen molar-refractivity contribution in [2.75, 3.05) is 20.3 Å². The second-order valence-electron chi connectivity index (χ2n) is 4.20. The molecule has 0 aliphatic heterocycles. The van der Waals surface area contributed by atoms with Gasteiger partial charge in [0.15, 0.2) is 0 Å². The molecule has 0 heterocycles. The molecule has 19 heavy (non-hydrogen) atoms.